The van der Waals surface area contributed by atoms with Crippen molar-refractivity contribution in [1.29, 1.82) is 0 Å². The number of quaternary nitrogens is 2. The molecule has 0 radical (unpaired) electrons. The summed E-state index contributed by atoms with van der Waals surface area (Å²) in [6.07, 6.45) is 0. The third kappa shape index (κ3) is 4.10. The Labute approximate surface area is 164 Å². The third-order valence-corrected chi connectivity index (χ3v) is 6.37. The van der Waals surface area contributed by atoms with Gasteiger partial charge in [0.25, 0.3) is 0 Å². The Morgan fingerprint density at radius 3 is 2.48 bits per heavy atom. The third-order valence-electron chi connectivity index (χ3n) is 5.51. The van der Waals surface area contributed by atoms with Crippen LogP contribution in [0.25, 0.3) is 0 Å². The highest BCUT2D eigenvalue weighted by molar-refractivity contribution is 7.09. The Hall–Kier alpha value is -2.09. The van der Waals surface area contributed by atoms with Gasteiger partial charge in [0, 0.05) is 10.8 Å². The number of rotatable bonds is 6. The lowest BCUT2D eigenvalue weighted by Crippen LogP contribution is -3.26. The quantitative estimate of drug-likeness (QED) is 0.654. The van der Waals surface area contributed by atoms with Crippen molar-refractivity contribution in [3.63, 3.8) is 0 Å². The first-order chi connectivity index (χ1) is 13.2. The summed E-state index contributed by atoms with van der Waals surface area (Å²) in [5.41, 5.74) is 1.40. The minimum absolute atomic E-state index is 0.331. The Kier molecular flexibility index (Phi) is 5.61. The zero-order valence-electron chi connectivity index (χ0n) is 16.0. The summed E-state index contributed by atoms with van der Waals surface area (Å²) in [5.74, 6) is 1.52. The molecule has 7 heteroatoms. The molecule has 27 heavy (non-hydrogen) atoms. The molecule has 3 aromatic rings. The second-order valence-electron chi connectivity index (χ2n) is 7.62. The second-order valence-corrected chi connectivity index (χ2v) is 8.66. The summed E-state index contributed by atoms with van der Waals surface area (Å²) in [5, 5.41) is 14.9. The number of hydrogen-bond donors (Lipinski definition) is 2. The lowest BCUT2D eigenvalue weighted by atomic mass is 10.0. The summed E-state index contributed by atoms with van der Waals surface area (Å²) < 4.78 is 2.00. The van der Waals surface area contributed by atoms with Crippen molar-refractivity contribution in [3.8, 4) is 0 Å². The minimum Gasteiger partial charge on any atom is -0.317 e. The molecule has 0 spiro atoms. The Balaban J connectivity index is 1.49. The maximum Gasteiger partial charge on any atom is 0.209 e. The Bertz CT molecular complexity index is 821. The molecular weight excluding hydrogens is 356 g/mol. The van der Waals surface area contributed by atoms with Crippen molar-refractivity contribution >= 4 is 17.0 Å². The van der Waals surface area contributed by atoms with Crippen LogP contribution in [-0.4, -0.2) is 46.4 Å². The van der Waals surface area contributed by atoms with Crippen LogP contribution in [0.3, 0.4) is 0 Å². The average molecular weight is 385 g/mol. The van der Waals surface area contributed by atoms with Crippen LogP contribution in [0.4, 0.5) is 5.69 Å². The molecule has 6 nitrogen and oxygen atoms in total. The van der Waals surface area contributed by atoms with Gasteiger partial charge in [0.15, 0.2) is 6.04 Å². The predicted octanol–water partition coefficient (Wildman–Crippen LogP) is 0.595. The Morgan fingerprint density at radius 2 is 1.81 bits per heavy atom. The fraction of sp³-hybridized carbons (Fsp3) is 0.450. The van der Waals surface area contributed by atoms with Crippen molar-refractivity contribution in [2.45, 2.75) is 26.4 Å². The van der Waals surface area contributed by atoms with E-state index >= 15 is 0 Å². The van der Waals surface area contributed by atoms with Gasteiger partial charge in [-0.1, -0.05) is 38.1 Å². The summed E-state index contributed by atoms with van der Waals surface area (Å²) in [6, 6.07) is 15.4. The molecule has 3 heterocycles. The van der Waals surface area contributed by atoms with Gasteiger partial charge in [0.2, 0.25) is 5.82 Å². The monoisotopic (exact) mass is 384 g/mol. The molecule has 142 valence electrons. The maximum absolute atomic E-state index is 4.45. The normalized spacial score (nSPS) is 21.4. The molecule has 1 aromatic carbocycles. The number of tetrazole rings is 1. The molecule has 1 aliphatic rings. The van der Waals surface area contributed by atoms with Crippen molar-refractivity contribution in [3.05, 3.63) is 58.5 Å². The van der Waals surface area contributed by atoms with E-state index in [1.165, 1.54) is 10.6 Å². The van der Waals surface area contributed by atoms with Crippen molar-refractivity contribution in [1.82, 2.24) is 20.2 Å². The van der Waals surface area contributed by atoms with Crippen LogP contribution in [0.1, 0.15) is 30.6 Å². The van der Waals surface area contributed by atoms with Gasteiger partial charge in [0.05, 0.1) is 6.54 Å². The standard InChI is InChI=1S/C20H26N6S/c1-16(2)19(20-21-22-23-26(20)15-18-9-6-14-27-18)25-12-10-24(11-13-25)17-7-4-3-5-8-17/h3-9,14,16,19H,10-13,15H2,1-2H3/p+2/t19-/m1/s1. The fourth-order valence-corrected chi connectivity index (χ4v) is 4.88. The van der Waals surface area contributed by atoms with Gasteiger partial charge < -0.3 is 4.90 Å². The van der Waals surface area contributed by atoms with E-state index in [1.807, 2.05) is 4.68 Å². The van der Waals surface area contributed by atoms with Crippen LogP contribution in [-0.2, 0) is 6.54 Å². The first-order valence-electron chi connectivity index (χ1n) is 9.75. The molecule has 1 aliphatic heterocycles. The van der Waals surface area contributed by atoms with E-state index < -0.39 is 0 Å². The number of aromatic nitrogens is 4. The van der Waals surface area contributed by atoms with Crippen molar-refractivity contribution in [2.75, 3.05) is 26.2 Å². The first kappa shape index (κ1) is 18.3. The van der Waals surface area contributed by atoms with E-state index in [-0.39, 0.29) is 0 Å². The predicted molar refractivity (Wildman–Crippen MR) is 106 cm³/mol. The van der Waals surface area contributed by atoms with E-state index in [4.69, 9.17) is 0 Å². The van der Waals surface area contributed by atoms with Gasteiger partial charge in [-0.2, -0.15) is 0 Å². The summed E-state index contributed by atoms with van der Waals surface area (Å²) in [6.45, 7) is 9.91. The van der Waals surface area contributed by atoms with Gasteiger partial charge in [-0.05, 0) is 34.0 Å². The smallest absolute Gasteiger partial charge is 0.209 e. The van der Waals surface area contributed by atoms with Crippen LogP contribution in [0, 0.1) is 5.92 Å². The summed E-state index contributed by atoms with van der Waals surface area (Å²) in [7, 11) is 0. The largest absolute Gasteiger partial charge is 0.317 e. The van der Waals surface area contributed by atoms with Gasteiger partial charge in [-0.15, -0.1) is 16.4 Å². The highest BCUT2D eigenvalue weighted by Crippen LogP contribution is 2.18. The number of nitrogens with zero attached hydrogens (tertiary/aromatic N) is 4. The van der Waals surface area contributed by atoms with Gasteiger partial charge in [-0.3, -0.25) is 4.90 Å². The molecule has 1 atom stereocenters. The lowest BCUT2D eigenvalue weighted by molar-refractivity contribution is -1.01. The molecule has 0 saturated carbocycles. The number of piperazine rings is 1. The SMILES string of the molecule is CC(C)[C@H](c1nnnn1Cc1cccs1)[NH+]1CC[NH+](c2ccccc2)CC1. The molecule has 0 bridgehead atoms. The van der Waals surface area contributed by atoms with Gasteiger partial charge in [-0.25, -0.2) is 4.68 Å². The number of para-hydroxylation sites is 1. The molecule has 1 saturated heterocycles. The summed E-state index contributed by atoms with van der Waals surface area (Å²) in [4.78, 5) is 4.48. The van der Waals surface area contributed by atoms with Crippen molar-refractivity contribution in [2.24, 2.45) is 5.92 Å². The number of benzene rings is 1. The van der Waals surface area contributed by atoms with Crippen LogP contribution >= 0.6 is 11.3 Å². The minimum atomic E-state index is 0.331. The molecule has 0 amide bonds. The first-order valence-corrected chi connectivity index (χ1v) is 10.6. The van der Waals surface area contributed by atoms with Crippen LogP contribution in [0.5, 0.6) is 0 Å². The van der Waals surface area contributed by atoms with E-state index in [9.17, 15) is 0 Å². The second kappa shape index (κ2) is 8.29. The molecule has 2 N–H and O–H groups in total. The topological polar surface area (TPSA) is 52.5 Å². The maximum atomic E-state index is 4.45. The number of hydrogen-bond acceptors (Lipinski definition) is 4. The van der Waals surface area contributed by atoms with Crippen LogP contribution in [0.2, 0.25) is 0 Å². The molecule has 0 unspecified atom stereocenters. The number of thiophene rings is 1. The molecule has 4 rings (SSSR count). The molecular formula is C20H28N6S+2. The Morgan fingerprint density at radius 1 is 1.04 bits per heavy atom. The highest BCUT2D eigenvalue weighted by Gasteiger charge is 2.36. The molecule has 2 aromatic heterocycles. The lowest BCUT2D eigenvalue weighted by Gasteiger charge is -2.35. The average Bonchev–Trinajstić information content (AvgIpc) is 3.36. The van der Waals surface area contributed by atoms with Gasteiger partial charge >= 0.3 is 0 Å². The number of nitrogens with one attached hydrogen (secondary N) is 2. The fourth-order valence-electron chi connectivity index (χ4n) is 4.20. The van der Waals surface area contributed by atoms with Crippen LogP contribution in [0.15, 0.2) is 47.8 Å². The zero-order chi connectivity index (χ0) is 18.6. The zero-order valence-corrected chi connectivity index (χ0v) is 16.8. The van der Waals surface area contributed by atoms with Crippen LogP contribution < -0.4 is 9.80 Å². The molecule has 0 aliphatic carbocycles. The highest BCUT2D eigenvalue weighted by atomic mass is 32.1. The summed E-state index contributed by atoms with van der Waals surface area (Å²) >= 11 is 1.76. The van der Waals surface area contributed by atoms with E-state index in [0.717, 1.165) is 38.5 Å². The van der Waals surface area contributed by atoms with Crippen molar-refractivity contribution < 1.29 is 9.80 Å². The van der Waals surface area contributed by atoms with E-state index in [0.29, 0.717) is 12.0 Å². The van der Waals surface area contributed by atoms with Gasteiger partial charge in [0.1, 0.15) is 31.9 Å². The van der Waals surface area contributed by atoms with E-state index in [1.54, 1.807) is 21.1 Å². The van der Waals surface area contributed by atoms with E-state index in [2.05, 4.69) is 77.2 Å². The molecule has 1 fully saturated rings.